The maximum absolute atomic E-state index is 12.3. The van der Waals surface area contributed by atoms with E-state index in [0.717, 1.165) is 16.9 Å². The van der Waals surface area contributed by atoms with Gasteiger partial charge in [0, 0.05) is 24.7 Å². The van der Waals surface area contributed by atoms with E-state index in [-0.39, 0.29) is 12.5 Å². The summed E-state index contributed by atoms with van der Waals surface area (Å²) in [6, 6.07) is 11.4. The Bertz CT molecular complexity index is 810. The molecule has 0 aliphatic rings. The van der Waals surface area contributed by atoms with Crippen LogP contribution in [-0.2, 0) is 11.3 Å². The van der Waals surface area contributed by atoms with E-state index in [9.17, 15) is 4.79 Å². The van der Waals surface area contributed by atoms with Gasteiger partial charge in [-0.05, 0) is 31.7 Å². The van der Waals surface area contributed by atoms with Gasteiger partial charge in [-0.25, -0.2) is 0 Å². The molecule has 7 nitrogen and oxygen atoms in total. The van der Waals surface area contributed by atoms with Gasteiger partial charge in [0.25, 0.3) is 0 Å². The number of methoxy groups -OCH3 is 3. The van der Waals surface area contributed by atoms with E-state index in [1.807, 2.05) is 43.1 Å². The lowest BCUT2D eigenvalue weighted by Crippen LogP contribution is -2.36. The van der Waals surface area contributed by atoms with Crippen molar-refractivity contribution in [2.75, 3.05) is 48.1 Å². The summed E-state index contributed by atoms with van der Waals surface area (Å²) in [6.07, 6.45) is 0. The number of carbonyl (C=O) groups excluding carboxylic acids is 1. The Labute approximate surface area is 172 Å². The van der Waals surface area contributed by atoms with Crippen molar-refractivity contribution in [3.8, 4) is 23.0 Å². The molecule has 2 aromatic carbocycles. The summed E-state index contributed by atoms with van der Waals surface area (Å²) in [5.74, 6) is 2.57. The van der Waals surface area contributed by atoms with E-state index >= 15 is 0 Å². The third-order valence-corrected chi connectivity index (χ3v) is 4.50. The first-order valence-corrected chi connectivity index (χ1v) is 9.41. The number of benzene rings is 2. The van der Waals surface area contributed by atoms with Gasteiger partial charge in [-0.3, -0.25) is 9.69 Å². The summed E-state index contributed by atoms with van der Waals surface area (Å²) in [6.45, 7) is 3.76. The van der Waals surface area contributed by atoms with Crippen molar-refractivity contribution in [3.63, 3.8) is 0 Å². The monoisotopic (exact) mass is 402 g/mol. The van der Waals surface area contributed by atoms with Crippen molar-refractivity contribution in [3.05, 3.63) is 47.5 Å². The molecule has 158 valence electrons. The number of carbonyl (C=O) groups is 1. The van der Waals surface area contributed by atoms with Crippen molar-refractivity contribution >= 4 is 5.91 Å². The summed E-state index contributed by atoms with van der Waals surface area (Å²) >= 11 is 0. The predicted octanol–water partition coefficient (Wildman–Crippen LogP) is 2.65. The van der Waals surface area contributed by atoms with Crippen LogP contribution in [0.5, 0.6) is 23.0 Å². The fourth-order valence-corrected chi connectivity index (χ4v) is 2.83. The van der Waals surface area contributed by atoms with Gasteiger partial charge in [-0.2, -0.15) is 0 Å². The maximum Gasteiger partial charge on any atom is 0.234 e. The Morgan fingerprint density at radius 1 is 0.966 bits per heavy atom. The Balaban J connectivity index is 1.82. The number of likely N-dealkylation sites (N-methyl/N-ethyl adjacent to an activating group) is 1. The van der Waals surface area contributed by atoms with Gasteiger partial charge in [-0.15, -0.1) is 0 Å². The summed E-state index contributed by atoms with van der Waals surface area (Å²) < 4.78 is 21.8. The largest absolute Gasteiger partial charge is 0.496 e. The zero-order valence-electron chi connectivity index (χ0n) is 17.8. The molecule has 0 aliphatic carbocycles. The molecule has 0 radical (unpaired) electrons. The average Bonchev–Trinajstić information content (AvgIpc) is 2.72. The minimum atomic E-state index is -0.0831. The van der Waals surface area contributed by atoms with Crippen molar-refractivity contribution in [1.29, 1.82) is 0 Å². The first kappa shape index (κ1) is 22.4. The van der Waals surface area contributed by atoms with Gasteiger partial charge >= 0.3 is 0 Å². The van der Waals surface area contributed by atoms with Gasteiger partial charge in [0.15, 0.2) is 11.5 Å². The topological polar surface area (TPSA) is 69.3 Å². The minimum Gasteiger partial charge on any atom is -0.496 e. The Kier molecular flexibility index (Phi) is 8.61. The van der Waals surface area contributed by atoms with E-state index in [0.29, 0.717) is 36.9 Å². The van der Waals surface area contributed by atoms with Crippen LogP contribution in [-0.4, -0.2) is 58.9 Å². The first-order valence-electron chi connectivity index (χ1n) is 9.41. The van der Waals surface area contributed by atoms with Crippen LogP contribution < -0.4 is 24.3 Å². The smallest absolute Gasteiger partial charge is 0.234 e. The third kappa shape index (κ3) is 6.57. The van der Waals surface area contributed by atoms with Crippen molar-refractivity contribution in [2.45, 2.75) is 13.5 Å². The highest BCUT2D eigenvalue weighted by molar-refractivity contribution is 5.78. The van der Waals surface area contributed by atoms with Crippen LogP contribution in [0, 0.1) is 6.92 Å². The van der Waals surface area contributed by atoms with Crippen LogP contribution in [0.25, 0.3) is 0 Å². The predicted molar refractivity (Wildman–Crippen MR) is 112 cm³/mol. The number of para-hydroxylation sites is 1. The lowest BCUT2D eigenvalue weighted by molar-refractivity contribution is -0.122. The quantitative estimate of drug-likeness (QED) is 0.623. The summed E-state index contributed by atoms with van der Waals surface area (Å²) in [5.41, 5.74) is 1.90. The molecular formula is C22H30N2O5. The standard InChI is InChI=1S/C22H30N2O5/c1-16-8-6-7-9-18(16)29-11-10-24(2)15-22(25)23-14-17-12-20(27-4)21(28-5)13-19(17)26-3/h6-9,12-13H,10-11,14-15H2,1-5H3,(H,23,25). The molecule has 0 aliphatic heterocycles. The Morgan fingerprint density at radius 3 is 2.28 bits per heavy atom. The van der Waals surface area contributed by atoms with Crippen LogP contribution >= 0.6 is 0 Å². The molecule has 29 heavy (non-hydrogen) atoms. The van der Waals surface area contributed by atoms with Crippen molar-refractivity contribution < 1.29 is 23.7 Å². The number of hydrogen-bond acceptors (Lipinski definition) is 6. The number of nitrogens with zero attached hydrogens (tertiary/aromatic N) is 1. The number of aryl methyl sites for hydroxylation is 1. The number of nitrogens with one attached hydrogen (secondary N) is 1. The second kappa shape index (κ2) is 11.2. The summed E-state index contributed by atoms with van der Waals surface area (Å²) in [5, 5.41) is 2.91. The van der Waals surface area contributed by atoms with E-state index in [4.69, 9.17) is 18.9 Å². The van der Waals surface area contributed by atoms with Crippen molar-refractivity contribution in [1.82, 2.24) is 10.2 Å². The van der Waals surface area contributed by atoms with Gasteiger partial charge < -0.3 is 24.3 Å². The molecule has 0 aromatic heterocycles. The molecule has 1 N–H and O–H groups in total. The minimum absolute atomic E-state index is 0.0831. The fraction of sp³-hybridized carbons (Fsp3) is 0.409. The molecule has 2 aromatic rings. The van der Waals surface area contributed by atoms with Crippen LogP contribution in [0.15, 0.2) is 36.4 Å². The molecule has 0 heterocycles. The van der Waals surface area contributed by atoms with Crippen LogP contribution in [0.1, 0.15) is 11.1 Å². The molecular weight excluding hydrogens is 372 g/mol. The van der Waals surface area contributed by atoms with Crippen LogP contribution in [0.3, 0.4) is 0 Å². The van der Waals surface area contributed by atoms with E-state index < -0.39 is 0 Å². The molecule has 0 spiro atoms. The maximum atomic E-state index is 12.3. The van der Waals surface area contributed by atoms with Crippen LogP contribution in [0.2, 0.25) is 0 Å². The highest BCUT2D eigenvalue weighted by atomic mass is 16.5. The van der Waals surface area contributed by atoms with Crippen molar-refractivity contribution in [2.24, 2.45) is 0 Å². The van der Waals surface area contributed by atoms with Gasteiger partial charge in [0.2, 0.25) is 5.91 Å². The lowest BCUT2D eigenvalue weighted by atomic mass is 10.1. The molecule has 1 amide bonds. The van der Waals surface area contributed by atoms with Gasteiger partial charge in [0.1, 0.15) is 18.1 Å². The highest BCUT2D eigenvalue weighted by Gasteiger charge is 2.13. The van der Waals surface area contributed by atoms with Gasteiger partial charge in [0.05, 0.1) is 27.9 Å². The normalized spacial score (nSPS) is 10.6. The number of hydrogen-bond donors (Lipinski definition) is 1. The highest BCUT2D eigenvalue weighted by Crippen LogP contribution is 2.34. The molecule has 0 fully saturated rings. The molecule has 0 saturated heterocycles. The summed E-state index contributed by atoms with van der Waals surface area (Å²) in [7, 11) is 6.60. The molecule has 2 rings (SSSR count). The average molecular weight is 402 g/mol. The number of rotatable bonds is 11. The molecule has 0 saturated carbocycles. The number of amides is 1. The number of ether oxygens (including phenoxy) is 4. The Morgan fingerprint density at radius 2 is 1.62 bits per heavy atom. The second-order valence-corrected chi connectivity index (χ2v) is 6.65. The zero-order chi connectivity index (χ0) is 21.2. The molecule has 7 heteroatoms. The third-order valence-electron chi connectivity index (χ3n) is 4.50. The summed E-state index contributed by atoms with van der Waals surface area (Å²) in [4.78, 5) is 14.2. The van der Waals surface area contributed by atoms with E-state index in [1.54, 1.807) is 33.5 Å². The van der Waals surface area contributed by atoms with E-state index in [1.165, 1.54) is 0 Å². The Hall–Kier alpha value is -2.93. The fourth-order valence-electron chi connectivity index (χ4n) is 2.83. The second-order valence-electron chi connectivity index (χ2n) is 6.65. The van der Waals surface area contributed by atoms with Gasteiger partial charge in [-0.1, -0.05) is 18.2 Å². The zero-order valence-corrected chi connectivity index (χ0v) is 17.8. The molecule has 0 atom stereocenters. The first-order chi connectivity index (χ1) is 14.0. The van der Waals surface area contributed by atoms with Crippen LogP contribution in [0.4, 0.5) is 0 Å². The SMILES string of the molecule is COc1cc(OC)c(OC)cc1CNC(=O)CN(C)CCOc1ccccc1C. The lowest BCUT2D eigenvalue weighted by Gasteiger charge is -2.18. The van der Waals surface area contributed by atoms with E-state index in [2.05, 4.69) is 5.32 Å². The molecule has 0 bridgehead atoms. The molecule has 0 unspecified atom stereocenters.